The molecule has 0 saturated heterocycles. The van der Waals surface area contributed by atoms with E-state index in [1.165, 1.54) is 0 Å². The van der Waals surface area contributed by atoms with E-state index in [-0.39, 0.29) is 30.3 Å². The maximum absolute atomic E-state index is 12.4. The lowest BCUT2D eigenvalue weighted by atomic mass is 9.95. The fourth-order valence-corrected chi connectivity index (χ4v) is 3.32. The fraction of sp³-hybridized carbons (Fsp3) is 0.579. The van der Waals surface area contributed by atoms with Crippen molar-refractivity contribution in [2.24, 2.45) is 17.6 Å². The van der Waals surface area contributed by atoms with Gasteiger partial charge in [0.05, 0.1) is 7.11 Å². The van der Waals surface area contributed by atoms with E-state index in [0.29, 0.717) is 31.1 Å². The Bertz CT molecular complexity index is 621. The van der Waals surface area contributed by atoms with Crippen LogP contribution < -0.4 is 25.8 Å². The van der Waals surface area contributed by atoms with Gasteiger partial charge >= 0.3 is 0 Å². The molecule has 0 aromatic heterocycles. The van der Waals surface area contributed by atoms with E-state index in [9.17, 15) is 9.59 Å². The number of carbonyl (C=O) groups excluding carboxylic acids is 2. The van der Waals surface area contributed by atoms with Crippen LogP contribution in [-0.4, -0.2) is 38.6 Å². The number of rotatable bonds is 9. The van der Waals surface area contributed by atoms with Crippen molar-refractivity contribution in [3.05, 3.63) is 23.8 Å². The van der Waals surface area contributed by atoms with Crippen LogP contribution in [0, 0.1) is 11.8 Å². The summed E-state index contributed by atoms with van der Waals surface area (Å²) >= 11 is 0. The van der Waals surface area contributed by atoms with E-state index in [4.69, 9.17) is 15.2 Å². The molecule has 0 unspecified atom stereocenters. The van der Waals surface area contributed by atoms with Crippen molar-refractivity contribution < 1.29 is 19.1 Å². The molecular weight excluding hydrogens is 334 g/mol. The van der Waals surface area contributed by atoms with Gasteiger partial charge in [-0.15, -0.1) is 0 Å². The van der Waals surface area contributed by atoms with Crippen molar-refractivity contribution in [3.63, 3.8) is 0 Å². The predicted octanol–water partition coefficient (Wildman–Crippen LogP) is 1.20. The van der Waals surface area contributed by atoms with Gasteiger partial charge in [-0.3, -0.25) is 9.59 Å². The molecule has 0 heterocycles. The van der Waals surface area contributed by atoms with Crippen molar-refractivity contribution in [2.45, 2.75) is 32.7 Å². The summed E-state index contributed by atoms with van der Waals surface area (Å²) in [5, 5.41) is 5.66. The van der Waals surface area contributed by atoms with Gasteiger partial charge in [-0.2, -0.15) is 0 Å². The van der Waals surface area contributed by atoms with Crippen LogP contribution in [0.2, 0.25) is 0 Å². The topological polar surface area (TPSA) is 103 Å². The standard InChI is InChI=1S/C19H29N3O4/c1-3-21-18(23)12-26-16-8-7-13(9-17(16)25-2)11-22-19(24)15-6-4-5-14(15)10-20/h7-9,14-15H,3-6,10-12,20H2,1-2H3,(H,21,23)(H,22,24)/t14-,15-/m1/s1. The zero-order valence-corrected chi connectivity index (χ0v) is 15.5. The highest BCUT2D eigenvalue weighted by Gasteiger charge is 2.31. The molecule has 0 spiro atoms. The zero-order valence-electron chi connectivity index (χ0n) is 15.5. The molecule has 7 heteroatoms. The highest BCUT2D eigenvalue weighted by molar-refractivity contribution is 5.79. The molecule has 0 aliphatic heterocycles. The molecule has 1 saturated carbocycles. The maximum Gasteiger partial charge on any atom is 0.257 e. The van der Waals surface area contributed by atoms with Crippen LogP contribution in [0.5, 0.6) is 11.5 Å². The largest absolute Gasteiger partial charge is 0.493 e. The summed E-state index contributed by atoms with van der Waals surface area (Å²) in [6, 6.07) is 5.41. The Labute approximate surface area is 154 Å². The maximum atomic E-state index is 12.4. The first kappa shape index (κ1) is 20.0. The second kappa shape index (κ2) is 10.0. The van der Waals surface area contributed by atoms with Gasteiger partial charge in [0.1, 0.15) is 0 Å². The smallest absolute Gasteiger partial charge is 0.257 e. The van der Waals surface area contributed by atoms with Crippen molar-refractivity contribution in [2.75, 3.05) is 26.8 Å². The third-order valence-electron chi connectivity index (χ3n) is 4.73. The minimum Gasteiger partial charge on any atom is -0.493 e. The molecule has 1 aliphatic rings. The van der Waals surface area contributed by atoms with E-state index in [2.05, 4.69) is 10.6 Å². The SMILES string of the molecule is CCNC(=O)COc1ccc(CNC(=O)[C@@H]2CCC[C@@H]2CN)cc1OC. The number of amides is 2. The summed E-state index contributed by atoms with van der Waals surface area (Å²) < 4.78 is 10.8. The molecule has 0 bridgehead atoms. The Balaban J connectivity index is 1.91. The number of ether oxygens (including phenoxy) is 2. The number of hydrogen-bond donors (Lipinski definition) is 3. The molecule has 144 valence electrons. The van der Waals surface area contributed by atoms with Crippen LogP contribution in [0.3, 0.4) is 0 Å². The van der Waals surface area contributed by atoms with Crippen LogP contribution in [-0.2, 0) is 16.1 Å². The number of benzene rings is 1. The summed E-state index contributed by atoms with van der Waals surface area (Å²) in [7, 11) is 1.54. The van der Waals surface area contributed by atoms with Gasteiger partial charge in [-0.05, 0) is 49.9 Å². The average Bonchev–Trinajstić information content (AvgIpc) is 3.13. The number of hydrogen-bond acceptors (Lipinski definition) is 5. The van der Waals surface area contributed by atoms with Crippen LogP contribution in [0.4, 0.5) is 0 Å². The number of nitrogens with two attached hydrogens (primary N) is 1. The molecule has 7 nitrogen and oxygen atoms in total. The zero-order chi connectivity index (χ0) is 18.9. The first-order valence-corrected chi connectivity index (χ1v) is 9.13. The van der Waals surface area contributed by atoms with E-state index in [1.807, 2.05) is 19.1 Å². The van der Waals surface area contributed by atoms with Gasteiger partial charge in [-0.1, -0.05) is 12.5 Å². The van der Waals surface area contributed by atoms with E-state index < -0.39 is 0 Å². The van der Waals surface area contributed by atoms with Gasteiger partial charge in [0.2, 0.25) is 5.91 Å². The fourth-order valence-electron chi connectivity index (χ4n) is 3.32. The van der Waals surface area contributed by atoms with Crippen LogP contribution >= 0.6 is 0 Å². The Morgan fingerprint density at radius 3 is 2.73 bits per heavy atom. The number of likely N-dealkylation sites (N-methyl/N-ethyl adjacent to an activating group) is 1. The van der Waals surface area contributed by atoms with E-state index in [0.717, 1.165) is 24.8 Å². The van der Waals surface area contributed by atoms with Crippen molar-refractivity contribution in [1.29, 1.82) is 0 Å². The van der Waals surface area contributed by atoms with Crippen LogP contribution in [0.25, 0.3) is 0 Å². The minimum atomic E-state index is -0.183. The molecule has 1 aliphatic carbocycles. The van der Waals surface area contributed by atoms with Gasteiger partial charge in [0, 0.05) is 19.0 Å². The molecule has 1 fully saturated rings. The minimum absolute atomic E-state index is 0.0154. The molecule has 0 radical (unpaired) electrons. The van der Waals surface area contributed by atoms with Crippen LogP contribution in [0.1, 0.15) is 31.7 Å². The van der Waals surface area contributed by atoms with Gasteiger partial charge in [-0.25, -0.2) is 0 Å². The summed E-state index contributed by atoms with van der Waals surface area (Å²) in [4.78, 5) is 23.9. The average molecular weight is 363 g/mol. The lowest BCUT2D eigenvalue weighted by Gasteiger charge is -2.18. The second-order valence-electron chi connectivity index (χ2n) is 6.48. The van der Waals surface area contributed by atoms with Gasteiger partial charge in [0.15, 0.2) is 18.1 Å². The number of methoxy groups -OCH3 is 1. The monoisotopic (exact) mass is 363 g/mol. The Kier molecular flexibility index (Phi) is 7.72. The number of nitrogens with one attached hydrogen (secondary N) is 2. The van der Waals surface area contributed by atoms with Gasteiger partial charge in [0.25, 0.3) is 5.91 Å². The lowest BCUT2D eigenvalue weighted by Crippen LogP contribution is -2.34. The molecule has 26 heavy (non-hydrogen) atoms. The highest BCUT2D eigenvalue weighted by Crippen LogP contribution is 2.31. The third-order valence-corrected chi connectivity index (χ3v) is 4.73. The molecule has 4 N–H and O–H groups in total. The molecular formula is C19H29N3O4. The molecule has 2 rings (SSSR count). The molecule has 1 aromatic rings. The van der Waals surface area contributed by atoms with Crippen LogP contribution in [0.15, 0.2) is 18.2 Å². The molecule has 2 amide bonds. The lowest BCUT2D eigenvalue weighted by molar-refractivity contribution is -0.126. The van der Waals surface area contributed by atoms with Crippen molar-refractivity contribution in [3.8, 4) is 11.5 Å². The molecule has 1 aromatic carbocycles. The first-order chi connectivity index (χ1) is 12.6. The quantitative estimate of drug-likeness (QED) is 0.612. The van der Waals surface area contributed by atoms with Gasteiger partial charge < -0.3 is 25.8 Å². The Morgan fingerprint density at radius 1 is 1.23 bits per heavy atom. The third kappa shape index (κ3) is 5.36. The summed E-state index contributed by atoms with van der Waals surface area (Å²) in [6.45, 7) is 3.32. The van der Waals surface area contributed by atoms with E-state index in [1.54, 1.807) is 13.2 Å². The summed E-state index contributed by atoms with van der Waals surface area (Å²) in [6.07, 6.45) is 3.00. The van der Waals surface area contributed by atoms with Crippen molar-refractivity contribution in [1.82, 2.24) is 10.6 Å². The summed E-state index contributed by atoms with van der Waals surface area (Å²) in [5.41, 5.74) is 6.66. The van der Waals surface area contributed by atoms with Crippen molar-refractivity contribution >= 4 is 11.8 Å². The summed E-state index contributed by atoms with van der Waals surface area (Å²) in [5.74, 6) is 1.20. The molecule has 2 atom stereocenters. The van der Waals surface area contributed by atoms with E-state index >= 15 is 0 Å². The normalized spacial score (nSPS) is 19.0. The predicted molar refractivity (Wildman–Crippen MR) is 98.9 cm³/mol. The Morgan fingerprint density at radius 2 is 2.04 bits per heavy atom. The number of carbonyl (C=O) groups is 2. The Hall–Kier alpha value is -2.28. The highest BCUT2D eigenvalue weighted by atomic mass is 16.5. The second-order valence-corrected chi connectivity index (χ2v) is 6.48. The first-order valence-electron chi connectivity index (χ1n) is 9.13.